The molecule has 0 radical (unpaired) electrons. The van der Waals surface area contributed by atoms with Crippen molar-refractivity contribution in [2.75, 3.05) is 5.73 Å². The van der Waals surface area contributed by atoms with E-state index in [0.717, 1.165) is 11.4 Å². The summed E-state index contributed by atoms with van der Waals surface area (Å²) in [5.41, 5.74) is 7.86. The van der Waals surface area contributed by atoms with Gasteiger partial charge in [0.05, 0.1) is 5.69 Å². The number of anilines is 1. The Bertz CT molecular complexity index is 532. The number of aryl methyl sites for hydroxylation is 1. The molecule has 1 aromatic carbocycles. The maximum absolute atomic E-state index is 5.83. The van der Waals surface area contributed by atoms with Gasteiger partial charge in [-0.3, -0.25) is 0 Å². The summed E-state index contributed by atoms with van der Waals surface area (Å²) in [5.74, 6) is 1.39. The van der Waals surface area contributed by atoms with Crippen molar-refractivity contribution in [3.05, 3.63) is 41.7 Å². The molecule has 0 atom stereocenters. The number of hydrogen-bond donors (Lipinski definition) is 1. The molecule has 0 unspecified atom stereocenters. The molecule has 0 bridgehead atoms. The van der Waals surface area contributed by atoms with E-state index in [2.05, 4.69) is 18.8 Å². The summed E-state index contributed by atoms with van der Waals surface area (Å²) >= 11 is 0. The topological polar surface area (TPSA) is 53.1 Å². The number of hydrogen-bond acceptors (Lipinski definition) is 3. The van der Waals surface area contributed by atoms with Crippen LogP contribution in [0.25, 0.3) is 0 Å². The summed E-state index contributed by atoms with van der Waals surface area (Å²) in [4.78, 5) is 4.29. The molecule has 1 aromatic heterocycles. The van der Waals surface area contributed by atoms with Crippen LogP contribution in [0.1, 0.15) is 31.1 Å². The van der Waals surface area contributed by atoms with Crippen LogP contribution in [0, 0.1) is 6.92 Å². The number of rotatable bonds is 4. The minimum Gasteiger partial charge on any atom is -0.487 e. The first-order valence-electron chi connectivity index (χ1n) is 6.09. The molecule has 0 aliphatic carbocycles. The number of nitrogens with zero attached hydrogens (tertiary/aromatic N) is 2. The number of imidazole rings is 1. The average Bonchev–Trinajstić information content (AvgIpc) is 2.68. The number of nitrogens with two attached hydrogens (primary N) is 1. The second kappa shape index (κ2) is 5.12. The summed E-state index contributed by atoms with van der Waals surface area (Å²) in [6.07, 6.45) is 1.94. The van der Waals surface area contributed by atoms with E-state index in [-0.39, 0.29) is 0 Å². The lowest BCUT2D eigenvalue weighted by Crippen LogP contribution is -2.03. The van der Waals surface area contributed by atoms with Crippen LogP contribution in [0.3, 0.4) is 0 Å². The third kappa shape index (κ3) is 2.83. The van der Waals surface area contributed by atoms with Crippen LogP contribution in [0.5, 0.6) is 5.75 Å². The van der Waals surface area contributed by atoms with E-state index in [4.69, 9.17) is 10.5 Å². The first-order valence-corrected chi connectivity index (χ1v) is 6.09. The van der Waals surface area contributed by atoms with Crippen molar-refractivity contribution in [1.82, 2.24) is 9.55 Å². The highest BCUT2D eigenvalue weighted by molar-refractivity contribution is 5.28. The quantitative estimate of drug-likeness (QED) is 0.901. The minimum atomic E-state index is 0.310. The normalized spacial score (nSPS) is 10.9. The van der Waals surface area contributed by atoms with Gasteiger partial charge in [0.2, 0.25) is 5.95 Å². The molecule has 0 spiro atoms. The smallest absolute Gasteiger partial charge is 0.200 e. The molecule has 4 nitrogen and oxygen atoms in total. The highest BCUT2D eigenvalue weighted by Crippen LogP contribution is 2.16. The molecule has 0 saturated carbocycles. The van der Waals surface area contributed by atoms with E-state index in [1.807, 2.05) is 42.0 Å². The summed E-state index contributed by atoms with van der Waals surface area (Å²) in [5, 5.41) is 0. The van der Waals surface area contributed by atoms with E-state index in [9.17, 15) is 0 Å². The Morgan fingerprint density at radius 2 is 2.17 bits per heavy atom. The molecule has 0 aliphatic rings. The fourth-order valence-electron chi connectivity index (χ4n) is 1.81. The van der Waals surface area contributed by atoms with Gasteiger partial charge in [-0.25, -0.2) is 4.98 Å². The average molecular weight is 245 g/mol. The van der Waals surface area contributed by atoms with Crippen molar-refractivity contribution in [3.63, 3.8) is 0 Å². The second-order valence-corrected chi connectivity index (χ2v) is 4.70. The summed E-state index contributed by atoms with van der Waals surface area (Å²) in [6, 6.07) is 8.27. The van der Waals surface area contributed by atoms with E-state index in [1.54, 1.807) is 0 Å². The molecule has 2 N–H and O–H groups in total. The molecule has 2 aromatic rings. The maximum atomic E-state index is 5.83. The highest BCUT2D eigenvalue weighted by atomic mass is 16.5. The molecule has 4 heteroatoms. The van der Waals surface area contributed by atoms with Gasteiger partial charge >= 0.3 is 0 Å². The van der Waals surface area contributed by atoms with Crippen molar-refractivity contribution < 1.29 is 4.74 Å². The fourth-order valence-corrected chi connectivity index (χ4v) is 1.81. The zero-order valence-electron chi connectivity index (χ0n) is 11.1. The highest BCUT2D eigenvalue weighted by Gasteiger charge is 2.07. The molecule has 2 rings (SSSR count). The number of ether oxygens (including phenoxy) is 1. The monoisotopic (exact) mass is 245 g/mol. The molecule has 96 valence electrons. The molecular formula is C14H19N3O. The van der Waals surface area contributed by atoms with Gasteiger partial charge in [-0.2, -0.15) is 0 Å². The van der Waals surface area contributed by atoms with Gasteiger partial charge in [0.1, 0.15) is 12.4 Å². The van der Waals surface area contributed by atoms with Crippen LogP contribution in [0.15, 0.2) is 30.5 Å². The van der Waals surface area contributed by atoms with E-state index in [1.165, 1.54) is 5.56 Å². The summed E-state index contributed by atoms with van der Waals surface area (Å²) in [7, 11) is 0. The third-order valence-electron chi connectivity index (χ3n) is 2.74. The maximum Gasteiger partial charge on any atom is 0.200 e. The zero-order valence-corrected chi connectivity index (χ0v) is 11.1. The first kappa shape index (κ1) is 12.5. The Morgan fingerprint density at radius 1 is 1.39 bits per heavy atom. The molecule has 0 amide bonds. The first-order chi connectivity index (χ1) is 8.56. The lowest BCUT2D eigenvalue weighted by molar-refractivity contribution is 0.301. The van der Waals surface area contributed by atoms with Gasteiger partial charge in [0.25, 0.3) is 0 Å². The van der Waals surface area contributed by atoms with Crippen LogP contribution in [-0.2, 0) is 6.61 Å². The number of aromatic nitrogens is 2. The van der Waals surface area contributed by atoms with E-state index >= 15 is 0 Å². The van der Waals surface area contributed by atoms with Crippen molar-refractivity contribution in [1.29, 1.82) is 0 Å². The van der Waals surface area contributed by atoms with E-state index < -0.39 is 0 Å². The van der Waals surface area contributed by atoms with Crippen LogP contribution < -0.4 is 10.5 Å². The predicted octanol–water partition coefficient (Wildman–Crippen LogP) is 2.93. The summed E-state index contributed by atoms with van der Waals surface area (Å²) in [6.45, 7) is 6.62. The molecule has 1 heterocycles. The van der Waals surface area contributed by atoms with Gasteiger partial charge in [0.15, 0.2) is 0 Å². The molecular weight excluding hydrogens is 226 g/mol. The van der Waals surface area contributed by atoms with E-state index in [0.29, 0.717) is 18.6 Å². The van der Waals surface area contributed by atoms with Crippen molar-refractivity contribution in [3.8, 4) is 5.75 Å². The summed E-state index contributed by atoms with van der Waals surface area (Å²) < 4.78 is 7.63. The third-order valence-corrected chi connectivity index (χ3v) is 2.74. The van der Waals surface area contributed by atoms with Gasteiger partial charge in [-0.15, -0.1) is 0 Å². The fraction of sp³-hybridized carbons (Fsp3) is 0.357. The van der Waals surface area contributed by atoms with Crippen molar-refractivity contribution in [2.45, 2.75) is 33.4 Å². The lowest BCUT2D eigenvalue weighted by Gasteiger charge is -2.07. The van der Waals surface area contributed by atoms with Crippen LogP contribution in [0.4, 0.5) is 5.95 Å². The zero-order chi connectivity index (χ0) is 13.1. The Balaban J connectivity index is 2.04. The second-order valence-electron chi connectivity index (χ2n) is 4.70. The predicted molar refractivity (Wildman–Crippen MR) is 72.5 cm³/mol. The lowest BCUT2D eigenvalue weighted by atomic mass is 10.2. The Kier molecular flexibility index (Phi) is 3.55. The minimum absolute atomic E-state index is 0.310. The SMILES string of the molecule is Cc1cccc(OCc2cn(C(C)C)c(N)n2)c1. The standard InChI is InChI=1S/C14H19N3O/c1-10(2)17-8-12(16-14(17)15)9-18-13-6-4-5-11(3)7-13/h4-8,10H,9H2,1-3H3,(H2,15,16). The van der Waals surface area contributed by atoms with Crippen LogP contribution in [0.2, 0.25) is 0 Å². The molecule has 0 saturated heterocycles. The number of nitrogen functional groups attached to an aromatic ring is 1. The van der Waals surface area contributed by atoms with Gasteiger partial charge < -0.3 is 15.0 Å². The Morgan fingerprint density at radius 3 is 2.78 bits per heavy atom. The molecule has 0 fully saturated rings. The molecule has 18 heavy (non-hydrogen) atoms. The van der Waals surface area contributed by atoms with Crippen LogP contribution in [-0.4, -0.2) is 9.55 Å². The van der Waals surface area contributed by atoms with Gasteiger partial charge in [0, 0.05) is 12.2 Å². The van der Waals surface area contributed by atoms with Crippen molar-refractivity contribution in [2.24, 2.45) is 0 Å². The number of benzene rings is 1. The van der Waals surface area contributed by atoms with Gasteiger partial charge in [-0.05, 0) is 38.5 Å². The Hall–Kier alpha value is -1.97. The van der Waals surface area contributed by atoms with Crippen molar-refractivity contribution >= 4 is 5.95 Å². The van der Waals surface area contributed by atoms with Gasteiger partial charge in [-0.1, -0.05) is 12.1 Å². The van der Waals surface area contributed by atoms with Crippen LogP contribution >= 0.6 is 0 Å². The Labute approximate surface area is 107 Å². The molecule has 0 aliphatic heterocycles. The largest absolute Gasteiger partial charge is 0.487 e.